The third-order valence-electron chi connectivity index (χ3n) is 6.17. The van der Waals surface area contributed by atoms with Gasteiger partial charge in [0.2, 0.25) is 0 Å². The molecule has 1 aliphatic heterocycles. The number of hydrogen-bond acceptors (Lipinski definition) is 5. The number of rotatable bonds is 5. The summed E-state index contributed by atoms with van der Waals surface area (Å²) in [6, 6.07) is 13.6. The number of methoxy groups -OCH3 is 2. The molecular formula is C26H31N3O3. The van der Waals surface area contributed by atoms with E-state index < -0.39 is 5.54 Å². The molecule has 6 nitrogen and oxygen atoms in total. The Balaban J connectivity index is 0.000000552. The monoisotopic (exact) mass is 433 g/mol. The first-order valence-electron chi connectivity index (χ1n) is 11.1. The SMILES string of the molecule is C1CNC1.COc1ccc(C)c(C(=O)NC2(c3cc(OC)cc4nc(C)ccc34)CC2)c1. The summed E-state index contributed by atoms with van der Waals surface area (Å²) in [4.78, 5) is 17.7. The second kappa shape index (κ2) is 9.17. The normalized spacial score (nSPS) is 15.8. The van der Waals surface area contributed by atoms with Gasteiger partial charge in [-0.2, -0.15) is 0 Å². The molecule has 1 aliphatic carbocycles. The van der Waals surface area contributed by atoms with Crippen molar-refractivity contribution in [2.45, 2.75) is 38.6 Å². The zero-order valence-corrected chi connectivity index (χ0v) is 19.2. The van der Waals surface area contributed by atoms with Crippen molar-refractivity contribution in [3.8, 4) is 11.5 Å². The van der Waals surface area contributed by atoms with Crippen molar-refractivity contribution in [1.29, 1.82) is 0 Å². The Labute approximate surface area is 189 Å². The minimum Gasteiger partial charge on any atom is -0.497 e. The van der Waals surface area contributed by atoms with Crippen LogP contribution in [0.2, 0.25) is 0 Å². The van der Waals surface area contributed by atoms with Crippen LogP contribution in [-0.2, 0) is 5.54 Å². The number of nitrogens with one attached hydrogen (secondary N) is 2. The lowest BCUT2D eigenvalue weighted by atomic mass is 9.97. The molecule has 32 heavy (non-hydrogen) atoms. The maximum Gasteiger partial charge on any atom is 0.252 e. The van der Waals surface area contributed by atoms with Gasteiger partial charge in [0.1, 0.15) is 11.5 Å². The predicted molar refractivity (Wildman–Crippen MR) is 127 cm³/mol. The van der Waals surface area contributed by atoms with Gasteiger partial charge >= 0.3 is 0 Å². The Morgan fingerprint density at radius 1 is 1.00 bits per heavy atom. The van der Waals surface area contributed by atoms with Gasteiger partial charge in [-0.15, -0.1) is 0 Å². The second-order valence-corrected chi connectivity index (χ2v) is 8.51. The zero-order valence-electron chi connectivity index (χ0n) is 19.2. The summed E-state index contributed by atoms with van der Waals surface area (Å²) in [5.74, 6) is 1.33. The highest BCUT2D eigenvalue weighted by atomic mass is 16.5. The van der Waals surface area contributed by atoms with E-state index in [2.05, 4.69) is 21.7 Å². The van der Waals surface area contributed by atoms with Crippen LogP contribution in [-0.4, -0.2) is 38.2 Å². The lowest BCUT2D eigenvalue weighted by Crippen LogP contribution is -2.35. The number of nitrogens with zero attached hydrogens (tertiary/aromatic N) is 1. The summed E-state index contributed by atoms with van der Waals surface area (Å²) >= 11 is 0. The highest BCUT2D eigenvalue weighted by Gasteiger charge is 2.47. The van der Waals surface area contributed by atoms with E-state index in [4.69, 9.17) is 9.47 Å². The summed E-state index contributed by atoms with van der Waals surface area (Å²) in [7, 11) is 3.25. The topological polar surface area (TPSA) is 72.5 Å². The Bertz CT molecular complexity index is 1130. The van der Waals surface area contributed by atoms with Gasteiger partial charge in [0.15, 0.2) is 0 Å². The molecule has 5 rings (SSSR count). The number of amides is 1. The Hall–Kier alpha value is -3.12. The van der Waals surface area contributed by atoms with E-state index in [1.807, 2.05) is 44.2 Å². The van der Waals surface area contributed by atoms with E-state index in [1.165, 1.54) is 19.5 Å². The fraction of sp³-hybridized carbons (Fsp3) is 0.385. The number of aryl methyl sites for hydroxylation is 2. The Morgan fingerprint density at radius 3 is 2.28 bits per heavy atom. The number of carbonyl (C=O) groups excluding carboxylic acids is 1. The molecule has 2 heterocycles. The van der Waals surface area contributed by atoms with Gasteiger partial charge in [0.25, 0.3) is 5.91 Å². The molecule has 1 aromatic heterocycles. The molecular weight excluding hydrogens is 402 g/mol. The maximum absolute atomic E-state index is 13.1. The minimum absolute atomic E-state index is 0.0926. The molecule has 0 bridgehead atoms. The maximum atomic E-state index is 13.1. The van der Waals surface area contributed by atoms with Crippen LogP contribution >= 0.6 is 0 Å². The molecule has 0 radical (unpaired) electrons. The number of hydrogen-bond donors (Lipinski definition) is 2. The zero-order chi connectivity index (χ0) is 22.7. The fourth-order valence-electron chi connectivity index (χ4n) is 3.85. The molecule has 1 amide bonds. The van der Waals surface area contributed by atoms with Gasteiger partial charge in [0, 0.05) is 22.7 Å². The van der Waals surface area contributed by atoms with Crippen LogP contribution in [0, 0.1) is 13.8 Å². The van der Waals surface area contributed by atoms with Crippen LogP contribution in [0.1, 0.15) is 46.4 Å². The quantitative estimate of drug-likeness (QED) is 0.629. The fourth-order valence-corrected chi connectivity index (χ4v) is 3.85. The molecule has 6 heteroatoms. The molecule has 1 saturated carbocycles. The summed E-state index contributed by atoms with van der Waals surface area (Å²) < 4.78 is 10.8. The second-order valence-electron chi connectivity index (χ2n) is 8.51. The molecule has 0 unspecified atom stereocenters. The van der Waals surface area contributed by atoms with E-state index in [-0.39, 0.29) is 5.91 Å². The summed E-state index contributed by atoms with van der Waals surface area (Å²) in [6.45, 7) is 6.40. The first-order valence-corrected chi connectivity index (χ1v) is 11.1. The number of ether oxygens (including phenoxy) is 2. The average Bonchev–Trinajstić information content (AvgIpc) is 3.52. The van der Waals surface area contributed by atoms with Crippen LogP contribution in [0.4, 0.5) is 0 Å². The molecule has 2 aromatic carbocycles. The number of fused-ring (bicyclic) bond motifs is 1. The lowest BCUT2D eigenvalue weighted by Gasteiger charge is -2.21. The van der Waals surface area contributed by atoms with Crippen molar-refractivity contribution in [2.24, 2.45) is 0 Å². The van der Waals surface area contributed by atoms with Gasteiger partial charge in [0.05, 0.1) is 25.3 Å². The third-order valence-corrected chi connectivity index (χ3v) is 6.17. The van der Waals surface area contributed by atoms with Crippen molar-refractivity contribution in [3.63, 3.8) is 0 Å². The van der Waals surface area contributed by atoms with E-state index in [0.29, 0.717) is 11.3 Å². The average molecular weight is 434 g/mol. The van der Waals surface area contributed by atoms with Crippen LogP contribution in [0.25, 0.3) is 10.9 Å². The van der Waals surface area contributed by atoms with Gasteiger partial charge in [-0.3, -0.25) is 9.78 Å². The van der Waals surface area contributed by atoms with Crippen molar-refractivity contribution in [3.05, 3.63) is 64.8 Å². The van der Waals surface area contributed by atoms with E-state index in [9.17, 15) is 4.79 Å². The third kappa shape index (κ3) is 4.55. The highest BCUT2D eigenvalue weighted by molar-refractivity contribution is 5.97. The number of aromatic nitrogens is 1. The van der Waals surface area contributed by atoms with Crippen molar-refractivity contribution in [2.75, 3.05) is 27.3 Å². The Morgan fingerprint density at radius 2 is 1.69 bits per heavy atom. The van der Waals surface area contributed by atoms with Crippen molar-refractivity contribution >= 4 is 16.8 Å². The van der Waals surface area contributed by atoms with Crippen molar-refractivity contribution < 1.29 is 14.3 Å². The van der Waals surface area contributed by atoms with E-state index in [0.717, 1.165) is 46.3 Å². The Kier molecular flexibility index (Phi) is 6.33. The predicted octanol–water partition coefficient (Wildman–Crippen LogP) is 4.27. The molecule has 2 N–H and O–H groups in total. The highest BCUT2D eigenvalue weighted by Crippen LogP contribution is 2.49. The number of pyridine rings is 1. The molecule has 3 aromatic rings. The molecule has 168 valence electrons. The first kappa shape index (κ1) is 22.1. The van der Waals surface area contributed by atoms with Gasteiger partial charge in [-0.05, 0) is 81.6 Å². The summed E-state index contributed by atoms with van der Waals surface area (Å²) in [5, 5.41) is 7.43. The standard InChI is InChI=1S/C23H24N2O3.C3H7N/c1-14-5-7-16(27-3)11-19(14)22(26)25-23(9-10-23)20-12-17(28-4)13-21-18(20)8-6-15(2)24-21;1-2-4-3-1/h5-8,11-13H,9-10H2,1-4H3,(H,25,26);4H,1-3H2. The lowest BCUT2D eigenvalue weighted by molar-refractivity contribution is 0.0930. The molecule has 0 atom stereocenters. The van der Waals surface area contributed by atoms with Gasteiger partial charge in [-0.1, -0.05) is 12.1 Å². The first-order chi connectivity index (χ1) is 15.5. The minimum atomic E-state index is -0.393. The molecule has 0 spiro atoms. The van der Waals surface area contributed by atoms with Crippen LogP contribution in [0.3, 0.4) is 0 Å². The van der Waals surface area contributed by atoms with Crippen LogP contribution in [0.5, 0.6) is 11.5 Å². The van der Waals surface area contributed by atoms with Gasteiger partial charge in [-0.25, -0.2) is 0 Å². The molecule has 2 aliphatic rings. The smallest absolute Gasteiger partial charge is 0.252 e. The molecule has 2 fully saturated rings. The summed E-state index contributed by atoms with van der Waals surface area (Å²) in [6.07, 6.45) is 3.16. The van der Waals surface area contributed by atoms with Crippen molar-refractivity contribution in [1.82, 2.24) is 15.6 Å². The van der Waals surface area contributed by atoms with Crippen LogP contribution < -0.4 is 20.1 Å². The molecule has 1 saturated heterocycles. The van der Waals surface area contributed by atoms with E-state index in [1.54, 1.807) is 20.3 Å². The number of benzene rings is 2. The van der Waals surface area contributed by atoms with Crippen LogP contribution in [0.15, 0.2) is 42.5 Å². The summed E-state index contributed by atoms with van der Waals surface area (Å²) in [5.41, 5.74) is 4.05. The van der Waals surface area contributed by atoms with E-state index >= 15 is 0 Å². The number of carbonyl (C=O) groups is 1. The van der Waals surface area contributed by atoms with Gasteiger partial charge < -0.3 is 20.1 Å². The largest absolute Gasteiger partial charge is 0.497 e.